The van der Waals surface area contributed by atoms with E-state index in [1.54, 1.807) is 0 Å². The molecule has 2 aromatic rings. The highest BCUT2D eigenvalue weighted by molar-refractivity contribution is 6.32. The van der Waals surface area contributed by atoms with Gasteiger partial charge in [-0.3, -0.25) is 0 Å². The van der Waals surface area contributed by atoms with Gasteiger partial charge < -0.3 is 10.5 Å². The molecule has 2 aromatic carbocycles. The summed E-state index contributed by atoms with van der Waals surface area (Å²) in [5, 5.41) is 11.0. The molecule has 1 heterocycles. The van der Waals surface area contributed by atoms with E-state index in [0.717, 1.165) is 40.9 Å². The van der Waals surface area contributed by atoms with E-state index < -0.39 is 0 Å². The molecule has 0 bridgehead atoms. The molecular weight excluding hydrogens is 379 g/mol. The fourth-order valence-corrected chi connectivity index (χ4v) is 4.12. The van der Waals surface area contributed by atoms with Crippen LogP contribution in [0.5, 0.6) is 0 Å². The van der Waals surface area contributed by atoms with Gasteiger partial charge in [0.1, 0.15) is 17.4 Å². The predicted octanol–water partition coefficient (Wildman–Crippen LogP) is 5.93. The van der Waals surface area contributed by atoms with Crippen LogP contribution in [0.3, 0.4) is 0 Å². The number of hydrogen-bond acceptors (Lipinski definition) is 3. The molecule has 0 spiro atoms. The summed E-state index contributed by atoms with van der Waals surface area (Å²) in [6.07, 6.45) is 3.60. The molecular formula is C22H16Cl2N2O. The minimum absolute atomic E-state index is 0.133. The summed E-state index contributed by atoms with van der Waals surface area (Å²) in [6, 6.07) is 17.4. The molecule has 0 saturated carbocycles. The Bertz CT molecular complexity index is 1060. The van der Waals surface area contributed by atoms with Crippen molar-refractivity contribution in [2.45, 2.75) is 18.8 Å². The number of hydrogen-bond donors (Lipinski definition) is 1. The number of rotatable bonds is 2. The van der Waals surface area contributed by atoms with Gasteiger partial charge in [0, 0.05) is 10.0 Å². The van der Waals surface area contributed by atoms with Crippen molar-refractivity contribution in [2.24, 2.45) is 5.73 Å². The van der Waals surface area contributed by atoms with Gasteiger partial charge in [0.2, 0.25) is 5.88 Å². The molecule has 134 valence electrons. The van der Waals surface area contributed by atoms with E-state index in [-0.39, 0.29) is 11.8 Å². The molecule has 27 heavy (non-hydrogen) atoms. The van der Waals surface area contributed by atoms with Crippen LogP contribution in [-0.4, -0.2) is 0 Å². The summed E-state index contributed by atoms with van der Waals surface area (Å²) < 4.78 is 5.89. The predicted molar refractivity (Wildman–Crippen MR) is 108 cm³/mol. The maximum Gasteiger partial charge on any atom is 0.205 e. The largest absolute Gasteiger partial charge is 0.440 e. The zero-order valence-corrected chi connectivity index (χ0v) is 15.9. The lowest BCUT2D eigenvalue weighted by atomic mass is 9.83. The van der Waals surface area contributed by atoms with E-state index in [0.29, 0.717) is 15.6 Å². The van der Waals surface area contributed by atoms with E-state index >= 15 is 0 Å². The first kappa shape index (κ1) is 17.7. The van der Waals surface area contributed by atoms with Crippen LogP contribution in [0.25, 0.3) is 6.08 Å². The van der Waals surface area contributed by atoms with Crippen molar-refractivity contribution in [1.29, 1.82) is 5.26 Å². The van der Waals surface area contributed by atoms with Gasteiger partial charge in [-0.05, 0) is 53.3 Å². The second-order valence-corrected chi connectivity index (χ2v) is 7.31. The molecule has 0 radical (unpaired) electrons. The zero-order chi connectivity index (χ0) is 19.0. The summed E-state index contributed by atoms with van der Waals surface area (Å²) in [5.74, 6) is 0.578. The topological polar surface area (TPSA) is 59.0 Å². The van der Waals surface area contributed by atoms with Crippen LogP contribution >= 0.6 is 23.2 Å². The normalized spacial score (nSPS) is 20.5. The lowest BCUT2D eigenvalue weighted by Crippen LogP contribution is -2.19. The lowest BCUT2D eigenvalue weighted by Gasteiger charge is -2.26. The Morgan fingerprint density at radius 1 is 1.04 bits per heavy atom. The molecule has 1 unspecified atom stereocenters. The lowest BCUT2D eigenvalue weighted by molar-refractivity contribution is 0.292. The second kappa shape index (κ2) is 7.15. The number of allylic oxidation sites excluding steroid dienone is 3. The third-order valence-corrected chi connectivity index (χ3v) is 5.62. The average Bonchev–Trinajstić information content (AvgIpc) is 3.05. The monoisotopic (exact) mass is 394 g/mol. The summed E-state index contributed by atoms with van der Waals surface area (Å²) in [4.78, 5) is 0. The smallest absolute Gasteiger partial charge is 0.205 e. The highest BCUT2D eigenvalue weighted by Crippen LogP contribution is 2.49. The number of ether oxygens (including phenoxy) is 1. The molecule has 1 aliphatic heterocycles. The third-order valence-electron chi connectivity index (χ3n) is 4.93. The van der Waals surface area contributed by atoms with Crippen molar-refractivity contribution >= 4 is 29.3 Å². The van der Waals surface area contributed by atoms with Gasteiger partial charge in [-0.1, -0.05) is 59.6 Å². The molecule has 3 nitrogen and oxygen atoms in total. The van der Waals surface area contributed by atoms with Crippen LogP contribution in [0.1, 0.15) is 29.9 Å². The summed E-state index contributed by atoms with van der Waals surface area (Å²) >= 11 is 12.7. The Kier molecular flexibility index (Phi) is 4.70. The number of nitrogens with zero attached hydrogens (tertiary/aromatic N) is 1. The molecule has 0 fully saturated rings. The van der Waals surface area contributed by atoms with E-state index in [1.165, 1.54) is 0 Å². The maximum atomic E-state index is 9.68. The summed E-state index contributed by atoms with van der Waals surface area (Å²) in [6.45, 7) is 0. The number of nitriles is 1. The van der Waals surface area contributed by atoms with E-state index in [4.69, 9.17) is 33.7 Å². The fraction of sp³-hybridized carbons (Fsp3) is 0.136. The van der Waals surface area contributed by atoms with Crippen molar-refractivity contribution in [3.63, 3.8) is 0 Å². The van der Waals surface area contributed by atoms with Crippen molar-refractivity contribution in [3.05, 3.63) is 98.1 Å². The standard InChI is InChI=1S/C22H16Cl2N2O/c23-18-7-3-1-5-13(18)11-14-9-10-16-20(15-6-2-4-8-19(15)24)17(12-25)22(26)27-21(14)16/h1-8,11,20H,9-10,26H2/b14-11-. The average molecular weight is 395 g/mol. The van der Waals surface area contributed by atoms with E-state index in [2.05, 4.69) is 6.07 Å². The molecule has 0 saturated heterocycles. The molecule has 0 aromatic heterocycles. The number of benzene rings is 2. The van der Waals surface area contributed by atoms with Gasteiger partial charge in [-0.15, -0.1) is 0 Å². The highest BCUT2D eigenvalue weighted by Gasteiger charge is 2.37. The number of nitrogens with two attached hydrogens (primary N) is 1. The highest BCUT2D eigenvalue weighted by atomic mass is 35.5. The van der Waals surface area contributed by atoms with E-state index in [9.17, 15) is 5.26 Å². The van der Waals surface area contributed by atoms with E-state index in [1.807, 2.05) is 54.6 Å². The summed E-state index contributed by atoms with van der Waals surface area (Å²) in [5.41, 5.74) is 10.4. The van der Waals surface area contributed by atoms with Crippen LogP contribution in [0.15, 0.2) is 76.9 Å². The van der Waals surface area contributed by atoms with Gasteiger partial charge in [0.05, 0.1) is 5.92 Å². The first-order valence-electron chi connectivity index (χ1n) is 8.60. The Morgan fingerprint density at radius 2 is 1.74 bits per heavy atom. The minimum Gasteiger partial charge on any atom is -0.440 e. The molecule has 0 amide bonds. The Labute approximate surface area is 168 Å². The van der Waals surface area contributed by atoms with Gasteiger partial charge in [-0.2, -0.15) is 5.26 Å². The summed E-state index contributed by atoms with van der Waals surface area (Å²) in [7, 11) is 0. The van der Waals surface area contributed by atoms with Crippen molar-refractivity contribution in [3.8, 4) is 6.07 Å². The van der Waals surface area contributed by atoms with Crippen LogP contribution in [0.4, 0.5) is 0 Å². The van der Waals surface area contributed by atoms with Crippen LogP contribution in [-0.2, 0) is 4.74 Å². The zero-order valence-electron chi connectivity index (χ0n) is 14.4. The van der Waals surface area contributed by atoms with Gasteiger partial charge in [0.25, 0.3) is 0 Å². The van der Waals surface area contributed by atoms with Crippen LogP contribution < -0.4 is 5.73 Å². The second-order valence-electron chi connectivity index (χ2n) is 6.49. The Morgan fingerprint density at radius 3 is 2.44 bits per heavy atom. The number of halogens is 2. The van der Waals surface area contributed by atoms with Crippen LogP contribution in [0, 0.1) is 11.3 Å². The molecule has 2 N–H and O–H groups in total. The molecule has 4 rings (SSSR count). The van der Waals surface area contributed by atoms with Crippen LogP contribution in [0.2, 0.25) is 10.0 Å². The first-order valence-corrected chi connectivity index (χ1v) is 9.36. The van der Waals surface area contributed by atoms with Crippen molar-refractivity contribution < 1.29 is 4.74 Å². The molecule has 1 atom stereocenters. The Hall–Kier alpha value is -2.67. The first-order chi connectivity index (χ1) is 13.1. The van der Waals surface area contributed by atoms with Gasteiger partial charge >= 0.3 is 0 Å². The van der Waals surface area contributed by atoms with Crippen molar-refractivity contribution in [2.75, 3.05) is 0 Å². The SMILES string of the molecule is N#CC1=C(N)OC2=C(CC/C2=C/c2ccccc2Cl)C1c1ccccc1Cl. The van der Waals surface area contributed by atoms with Gasteiger partial charge in [-0.25, -0.2) is 0 Å². The van der Waals surface area contributed by atoms with Gasteiger partial charge in [0.15, 0.2) is 0 Å². The molecule has 5 heteroatoms. The fourth-order valence-electron chi connectivity index (χ4n) is 3.68. The third kappa shape index (κ3) is 3.12. The molecule has 1 aliphatic carbocycles. The molecule has 2 aliphatic rings. The quantitative estimate of drug-likeness (QED) is 0.685. The van der Waals surface area contributed by atoms with Crippen molar-refractivity contribution in [1.82, 2.24) is 0 Å². The maximum absolute atomic E-state index is 9.68. The minimum atomic E-state index is -0.287. The Balaban J connectivity index is 1.84.